The zero-order valence-electron chi connectivity index (χ0n) is 20.0. The number of amides is 1. The molecule has 0 bridgehead atoms. The van der Waals surface area contributed by atoms with Crippen LogP contribution in [0.25, 0.3) is 0 Å². The van der Waals surface area contributed by atoms with Crippen molar-refractivity contribution in [1.29, 1.82) is 0 Å². The minimum absolute atomic E-state index is 0.00136. The highest BCUT2D eigenvalue weighted by molar-refractivity contribution is 6.30. The number of likely N-dealkylation sites (tertiary alicyclic amines) is 1. The van der Waals surface area contributed by atoms with Crippen LogP contribution in [0.15, 0.2) is 61.2 Å². The van der Waals surface area contributed by atoms with Gasteiger partial charge in [0.2, 0.25) is 5.91 Å². The van der Waals surface area contributed by atoms with E-state index < -0.39 is 17.6 Å². The van der Waals surface area contributed by atoms with Gasteiger partial charge in [0.1, 0.15) is 0 Å². The Morgan fingerprint density at radius 3 is 2.47 bits per heavy atom. The lowest BCUT2D eigenvalue weighted by Gasteiger charge is -2.53. The second-order valence-corrected chi connectivity index (χ2v) is 10.4. The number of piperidine rings is 1. The van der Waals surface area contributed by atoms with Crippen molar-refractivity contribution in [2.75, 3.05) is 6.61 Å². The first kappa shape index (κ1) is 26.7. The minimum atomic E-state index is -0.748. The van der Waals surface area contributed by atoms with Gasteiger partial charge in [-0.2, -0.15) is 0 Å². The maximum atomic E-state index is 14.2. The van der Waals surface area contributed by atoms with Crippen molar-refractivity contribution in [2.24, 2.45) is 5.41 Å². The highest BCUT2D eigenvalue weighted by Gasteiger charge is 2.51. The summed E-state index contributed by atoms with van der Waals surface area (Å²) in [6.07, 6.45) is 3.72. The summed E-state index contributed by atoms with van der Waals surface area (Å²) in [7, 11) is 0. The normalized spacial score (nSPS) is 24.6. The number of hydrogen-bond donors (Lipinski definition) is 2. The van der Waals surface area contributed by atoms with Gasteiger partial charge in [-0.15, -0.1) is 6.58 Å². The zero-order valence-corrected chi connectivity index (χ0v) is 21.5. The lowest BCUT2D eigenvalue weighted by Crippen LogP contribution is -2.58. The van der Waals surface area contributed by atoms with E-state index in [9.17, 15) is 15.0 Å². The number of hydrogen-bond acceptors (Lipinski definition) is 3. The molecule has 2 N–H and O–H groups in total. The molecule has 1 amide bonds. The Bertz CT molecular complexity index is 980. The van der Waals surface area contributed by atoms with Crippen molar-refractivity contribution in [3.8, 4) is 0 Å². The van der Waals surface area contributed by atoms with Crippen LogP contribution in [0.1, 0.15) is 69.0 Å². The molecule has 1 unspecified atom stereocenters. The Balaban J connectivity index is 2.21. The van der Waals surface area contributed by atoms with Crippen molar-refractivity contribution < 1.29 is 15.0 Å². The molecule has 6 heteroatoms. The summed E-state index contributed by atoms with van der Waals surface area (Å²) < 4.78 is 0. The molecule has 184 valence electrons. The van der Waals surface area contributed by atoms with Gasteiger partial charge in [-0.1, -0.05) is 67.4 Å². The van der Waals surface area contributed by atoms with E-state index in [0.29, 0.717) is 42.1 Å². The molecule has 0 aliphatic carbocycles. The Hall–Kier alpha value is -1.85. The number of benzene rings is 2. The number of allylic oxidation sites excluding steroid dienone is 1. The van der Waals surface area contributed by atoms with E-state index in [0.717, 1.165) is 11.1 Å². The maximum Gasteiger partial charge on any atom is 0.229 e. The summed E-state index contributed by atoms with van der Waals surface area (Å²) in [5, 5.41) is 21.8. The number of carbonyl (C=O) groups excluding carboxylic acids is 1. The van der Waals surface area contributed by atoms with E-state index in [4.69, 9.17) is 23.2 Å². The SMILES string of the molecule is C=CC[C@@]1(C)C[C@H](c2cccc(Cl)c2)[C@@H](c2ccc(Cl)cc2)N([C@@H](CC)C(O)CCCO)C1=O. The molecule has 1 heterocycles. The fraction of sp³-hybridized carbons (Fsp3) is 0.464. The third-order valence-corrected chi connectivity index (χ3v) is 7.55. The van der Waals surface area contributed by atoms with Crippen LogP contribution in [-0.2, 0) is 4.79 Å². The van der Waals surface area contributed by atoms with Gasteiger partial charge in [-0.25, -0.2) is 0 Å². The van der Waals surface area contributed by atoms with Gasteiger partial charge in [0, 0.05) is 22.6 Å². The Morgan fingerprint density at radius 1 is 1.18 bits per heavy atom. The fourth-order valence-corrected chi connectivity index (χ4v) is 5.72. The first-order valence-electron chi connectivity index (χ1n) is 12.0. The van der Waals surface area contributed by atoms with Gasteiger partial charge in [-0.3, -0.25) is 4.79 Å². The van der Waals surface area contributed by atoms with Gasteiger partial charge < -0.3 is 15.1 Å². The molecule has 1 aliphatic rings. The third kappa shape index (κ3) is 5.68. The molecule has 4 nitrogen and oxygen atoms in total. The van der Waals surface area contributed by atoms with E-state index in [1.807, 2.05) is 61.2 Å². The third-order valence-electron chi connectivity index (χ3n) is 7.06. The molecular formula is C28H35Cl2NO3. The monoisotopic (exact) mass is 503 g/mol. The highest BCUT2D eigenvalue weighted by Crippen LogP contribution is 2.52. The van der Waals surface area contributed by atoms with Crippen molar-refractivity contribution >= 4 is 29.1 Å². The fourth-order valence-electron chi connectivity index (χ4n) is 5.40. The van der Waals surface area contributed by atoms with E-state index in [-0.39, 0.29) is 24.5 Å². The van der Waals surface area contributed by atoms with Crippen molar-refractivity contribution in [1.82, 2.24) is 4.90 Å². The average molecular weight is 504 g/mol. The second kappa shape index (κ2) is 11.7. The summed E-state index contributed by atoms with van der Waals surface area (Å²) in [6.45, 7) is 7.90. The predicted molar refractivity (Wildman–Crippen MR) is 139 cm³/mol. The summed E-state index contributed by atoms with van der Waals surface area (Å²) in [5.74, 6) is -0.0258. The van der Waals surface area contributed by atoms with Gasteiger partial charge in [-0.05, 0) is 67.5 Å². The standard InChI is InChI=1S/C28H35Cl2NO3/c1-4-15-28(3)18-23(20-8-6-9-22(30)17-20)26(19-11-13-21(29)14-12-19)31(27(28)34)24(5-2)25(33)10-7-16-32/h4,6,8-9,11-14,17,23-26,32-33H,1,5,7,10,15-16,18H2,2-3H3/t23-,24+,25?,26-,28+/m1/s1. The number of halogens is 2. The molecule has 0 aromatic heterocycles. The molecule has 1 saturated heterocycles. The van der Waals surface area contributed by atoms with Crippen LogP contribution in [0.4, 0.5) is 0 Å². The first-order chi connectivity index (χ1) is 16.3. The van der Waals surface area contributed by atoms with E-state index in [1.54, 1.807) is 6.08 Å². The number of nitrogens with zero attached hydrogens (tertiary/aromatic N) is 1. The molecule has 3 rings (SSSR count). The minimum Gasteiger partial charge on any atom is -0.396 e. The zero-order chi connectivity index (χ0) is 24.9. The maximum absolute atomic E-state index is 14.2. The molecule has 0 radical (unpaired) electrons. The number of rotatable bonds is 10. The van der Waals surface area contributed by atoms with Gasteiger partial charge in [0.05, 0.1) is 23.6 Å². The van der Waals surface area contributed by atoms with Crippen molar-refractivity contribution in [3.05, 3.63) is 82.4 Å². The number of carbonyl (C=O) groups is 1. The largest absolute Gasteiger partial charge is 0.396 e. The van der Waals surface area contributed by atoms with Crippen LogP contribution in [0, 0.1) is 5.41 Å². The summed E-state index contributed by atoms with van der Waals surface area (Å²) in [5.41, 5.74) is 1.36. The van der Waals surface area contributed by atoms with Crippen LogP contribution in [-0.4, -0.2) is 39.8 Å². The molecule has 2 aromatic carbocycles. The van der Waals surface area contributed by atoms with Gasteiger partial charge in [0.15, 0.2) is 0 Å². The lowest BCUT2D eigenvalue weighted by atomic mass is 9.66. The van der Waals surface area contributed by atoms with E-state index in [2.05, 4.69) is 12.6 Å². The molecule has 1 aliphatic heterocycles. The molecule has 0 spiro atoms. The van der Waals surface area contributed by atoms with Crippen molar-refractivity contribution in [2.45, 2.75) is 70.1 Å². The van der Waals surface area contributed by atoms with Gasteiger partial charge >= 0.3 is 0 Å². The topological polar surface area (TPSA) is 60.8 Å². The Morgan fingerprint density at radius 2 is 1.88 bits per heavy atom. The van der Waals surface area contributed by atoms with Crippen LogP contribution in [0.3, 0.4) is 0 Å². The number of aliphatic hydroxyl groups excluding tert-OH is 2. The Kier molecular flexibility index (Phi) is 9.22. The second-order valence-electron chi connectivity index (χ2n) is 9.54. The molecule has 34 heavy (non-hydrogen) atoms. The molecular weight excluding hydrogens is 469 g/mol. The quantitative estimate of drug-likeness (QED) is 0.361. The predicted octanol–water partition coefficient (Wildman–Crippen LogP) is 6.55. The van der Waals surface area contributed by atoms with E-state index in [1.165, 1.54) is 0 Å². The van der Waals surface area contributed by atoms with Crippen LogP contribution >= 0.6 is 23.2 Å². The highest BCUT2D eigenvalue weighted by atomic mass is 35.5. The van der Waals surface area contributed by atoms with Crippen molar-refractivity contribution in [3.63, 3.8) is 0 Å². The summed E-state index contributed by atoms with van der Waals surface area (Å²) >= 11 is 12.6. The summed E-state index contributed by atoms with van der Waals surface area (Å²) in [6, 6.07) is 14.7. The molecule has 2 aromatic rings. The molecule has 1 fully saturated rings. The molecule has 0 saturated carbocycles. The smallest absolute Gasteiger partial charge is 0.229 e. The molecule has 5 atom stereocenters. The lowest BCUT2D eigenvalue weighted by molar-refractivity contribution is -0.158. The first-order valence-corrected chi connectivity index (χ1v) is 12.7. The van der Waals surface area contributed by atoms with E-state index >= 15 is 0 Å². The average Bonchev–Trinajstić information content (AvgIpc) is 2.81. The van der Waals surface area contributed by atoms with Gasteiger partial charge in [0.25, 0.3) is 0 Å². The summed E-state index contributed by atoms with van der Waals surface area (Å²) in [4.78, 5) is 16.1. The van der Waals surface area contributed by atoms with Crippen LogP contribution in [0.5, 0.6) is 0 Å². The van der Waals surface area contributed by atoms with Crippen LogP contribution in [0.2, 0.25) is 10.0 Å². The Labute approximate surface area is 213 Å². The van der Waals surface area contributed by atoms with Crippen LogP contribution < -0.4 is 0 Å². The number of aliphatic hydroxyl groups is 2.